The van der Waals surface area contributed by atoms with Gasteiger partial charge in [0.15, 0.2) is 11.6 Å². The van der Waals surface area contributed by atoms with Crippen LogP contribution in [0, 0.1) is 11.2 Å². The van der Waals surface area contributed by atoms with Gasteiger partial charge in [0.2, 0.25) is 0 Å². The Labute approximate surface area is 114 Å². The molecular formula is C16H23FO2. The van der Waals surface area contributed by atoms with Crippen molar-refractivity contribution in [2.24, 2.45) is 5.41 Å². The molecule has 0 aromatic heterocycles. The van der Waals surface area contributed by atoms with E-state index in [4.69, 9.17) is 4.74 Å². The lowest BCUT2D eigenvalue weighted by molar-refractivity contribution is -0.0257. The summed E-state index contributed by atoms with van der Waals surface area (Å²) < 4.78 is 19.1. The van der Waals surface area contributed by atoms with Crippen molar-refractivity contribution in [1.82, 2.24) is 0 Å². The molecule has 2 rings (SSSR count). The van der Waals surface area contributed by atoms with Gasteiger partial charge in [-0.3, -0.25) is 0 Å². The maximum atomic E-state index is 14.1. The third-order valence-corrected chi connectivity index (χ3v) is 4.32. The molecule has 3 heteroatoms. The van der Waals surface area contributed by atoms with E-state index in [-0.39, 0.29) is 11.6 Å². The second kappa shape index (κ2) is 5.12. The molecule has 1 aromatic carbocycles. The van der Waals surface area contributed by atoms with E-state index in [0.717, 1.165) is 25.7 Å². The first kappa shape index (κ1) is 14.3. The summed E-state index contributed by atoms with van der Waals surface area (Å²) >= 11 is 0. The van der Waals surface area contributed by atoms with Crippen LogP contribution >= 0.6 is 0 Å². The number of rotatable bonds is 3. The SMILES string of the molecule is COc1cccc(CC2(O)CCC(C)(C)CC2)c1F. The lowest BCUT2D eigenvalue weighted by Gasteiger charge is -2.40. The van der Waals surface area contributed by atoms with Crippen LogP contribution < -0.4 is 4.74 Å². The van der Waals surface area contributed by atoms with Gasteiger partial charge in [0.05, 0.1) is 12.7 Å². The Morgan fingerprint density at radius 2 is 1.84 bits per heavy atom. The maximum Gasteiger partial charge on any atom is 0.168 e. The highest BCUT2D eigenvalue weighted by Crippen LogP contribution is 2.42. The third kappa shape index (κ3) is 3.27. The fraction of sp³-hybridized carbons (Fsp3) is 0.625. The monoisotopic (exact) mass is 266 g/mol. The van der Waals surface area contributed by atoms with Crippen LogP contribution in [0.4, 0.5) is 4.39 Å². The molecule has 1 N–H and O–H groups in total. The van der Waals surface area contributed by atoms with Gasteiger partial charge in [-0.1, -0.05) is 26.0 Å². The van der Waals surface area contributed by atoms with Crippen molar-refractivity contribution < 1.29 is 14.2 Å². The summed E-state index contributed by atoms with van der Waals surface area (Å²) in [6.45, 7) is 4.44. The van der Waals surface area contributed by atoms with Gasteiger partial charge in [-0.2, -0.15) is 0 Å². The molecule has 1 aliphatic rings. The van der Waals surface area contributed by atoms with Crippen LogP contribution in [-0.2, 0) is 6.42 Å². The summed E-state index contributed by atoms with van der Waals surface area (Å²) in [4.78, 5) is 0. The Morgan fingerprint density at radius 3 is 2.42 bits per heavy atom. The van der Waals surface area contributed by atoms with Crippen LogP contribution in [0.15, 0.2) is 18.2 Å². The van der Waals surface area contributed by atoms with E-state index in [0.29, 0.717) is 17.4 Å². The van der Waals surface area contributed by atoms with E-state index in [9.17, 15) is 9.50 Å². The van der Waals surface area contributed by atoms with E-state index < -0.39 is 5.60 Å². The van der Waals surface area contributed by atoms with Gasteiger partial charge in [-0.15, -0.1) is 0 Å². The first-order valence-corrected chi connectivity index (χ1v) is 6.89. The predicted octanol–water partition coefficient (Wildman–Crippen LogP) is 3.71. The zero-order chi connectivity index (χ0) is 14.1. The quantitative estimate of drug-likeness (QED) is 0.903. The Kier molecular flexibility index (Phi) is 3.86. The van der Waals surface area contributed by atoms with Crippen LogP contribution in [0.2, 0.25) is 0 Å². The van der Waals surface area contributed by atoms with E-state index in [1.54, 1.807) is 18.2 Å². The van der Waals surface area contributed by atoms with Gasteiger partial charge >= 0.3 is 0 Å². The first-order valence-electron chi connectivity index (χ1n) is 6.89. The molecule has 19 heavy (non-hydrogen) atoms. The first-order chi connectivity index (χ1) is 8.85. The van der Waals surface area contributed by atoms with Crippen molar-refractivity contribution in [3.05, 3.63) is 29.6 Å². The number of benzene rings is 1. The van der Waals surface area contributed by atoms with Crippen molar-refractivity contribution in [3.63, 3.8) is 0 Å². The molecule has 0 radical (unpaired) electrons. The van der Waals surface area contributed by atoms with Crippen LogP contribution in [0.25, 0.3) is 0 Å². The molecule has 1 aliphatic carbocycles. The highest BCUT2D eigenvalue weighted by molar-refractivity contribution is 5.32. The summed E-state index contributed by atoms with van der Waals surface area (Å²) in [5, 5.41) is 10.6. The molecular weight excluding hydrogens is 243 g/mol. The molecule has 0 unspecified atom stereocenters. The number of aliphatic hydroxyl groups is 1. The van der Waals surface area contributed by atoms with Crippen molar-refractivity contribution in [1.29, 1.82) is 0 Å². The number of halogens is 1. The summed E-state index contributed by atoms with van der Waals surface area (Å²) in [7, 11) is 1.46. The summed E-state index contributed by atoms with van der Waals surface area (Å²) in [6, 6.07) is 5.11. The summed E-state index contributed by atoms with van der Waals surface area (Å²) in [5.74, 6) is -0.0968. The molecule has 1 fully saturated rings. The zero-order valence-corrected chi connectivity index (χ0v) is 12.0. The fourth-order valence-corrected chi connectivity index (χ4v) is 2.77. The van der Waals surface area contributed by atoms with Gasteiger partial charge in [0.25, 0.3) is 0 Å². The number of methoxy groups -OCH3 is 1. The number of ether oxygens (including phenoxy) is 1. The minimum absolute atomic E-state index is 0.247. The van der Waals surface area contributed by atoms with Gasteiger partial charge in [0, 0.05) is 6.42 Å². The highest BCUT2D eigenvalue weighted by atomic mass is 19.1. The molecule has 0 aliphatic heterocycles. The van der Waals surface area contributed by atoms with Crippen molar-refractivity contribution in [2.75, 3.05) is 7.11 Å². The number of hydrogen-bond acceptors (Lipinski definition) is 2. The maximum absolute atomic E-state index is 14.1. The molecule has 0 bridgehead atoms. The Morgan fingerprint density at radius 1 is 1.21 bits per heavy atom. The smallest absolute Gasteiger partial charge is 0.168 e. The molecule has 0 saturated heterocycles. The molecule has 106 valence electrons. The molecule has 2 nitrogen and oxygen atoms in total. The standard InChI is InChI=1S/C16H23FO2/c1-15(2)7-9-16(18,10-8-15)11-12-5-4-6-13(19-3)14(12)17/h4-6,18H,7-11H2,1-3H3. The van der Waals surface area contributed by atoms with Crippen molar-refractivity contribution in [3.8, 4) is 5.75 Å². The minimum Gasteiger partial charge on any atom is -0.494 e. The van der Waals surface area contributed by atoms with Gasteiger partial charge < -0.3 is 9.84 Å². The molecule has 0 spiro atoms. The molecule has 0 amide bonds. The second-order valence-corrected chi connectivity index (χ2v) is 6.50. The van der Waals surface area contributed by atoms with Gasteiger partial charge in [0.1, 0.15) is 0 Å². The van der Waals surface area contributed by atoms with E-state index in [2.05, 4.69) is 13.8 Å². The number of hydrogen-bond donors (Lipinski definition) is 1. The minimum atomic E-state index is -0.775. The van der Waals surface area contributed by atoms with Gasteiger partial charge in [-0.25, -0.2) is 4.39 Å². The van der Waals surface area contributed by atoms with E-state index >= 15 is 0 Å². The largest absolute Gasteiger partial charge is 0.494 e. The van der Waals surface area contributed by atoms with Crippen LogP contribution in [-0.4, -0.2) is 17.8 Å². The predicted molar refractivity (Wildman–Crippen MR) is 73.9 cm³/mol. The molecule has 1 aromatic rings. The Hall–Kier alpha value is -1.09. The zero-order valence-electron chi connectivity index (χ0n) is 12.0. The molecule has 0 heterocycles. The Balaban J connectivity index is 2.13. The normalized spacial score (nSPS) is 21.1. The summed E-state index contributed by atoms with van der Waals surface area (Å²) in [5.41, 5.74) is 0.0589. The van der Waals surface area contributed by atoms with Crippen LogP contribution in [0.3, 0.4) is 0 Å². The van der Waals surface area contributed by atoms with Gasteiger partial charge in [-0.05, 0) is 42.7 Å². The van der Waals surface area contributed by atoms with Crippen molar-refractivity contribution in [2.45, 2.75) is 51.6 Å². The van der Waals surface area contributed by atoms with Crippen LogP contribution in [0.5, 0.6) is 5.75 Å². The average Bonchev–Trinajstić information content (AvgIpc) is 2.37. The fourth-order valence-electron chi connectivity index (χ4n) is 2.77. The summed E-state index contributed by atoms with van der Waals surface area (Å²) in [6.07, 6.45) is 3.80. The molecule has 0 atom stereocenters. The van der Waals surface area contributed by atoms with E-state index in [1.807, 2.05) is 0 Å². The topological polar surface area (TPSA) is 29.5 Å². The lowest BCUT2D eigenvalue weighted by Crippen LogP contribution is -2.39. The van der Waals surface area contributed by atoms with Crippen molar-refractivity contribution >= 4 is 0 Å². The lowest BCUT2D eigenvalue weighted by atomic mass is 9.69. The molecule has 1 saturated carbocycles. The average molecular weight is 266 g/mol. The third-order valence-electron chi connectivity index (χ3n) is 4.32. The highest BCUT2D eigenvalue weighted by Gasteiger charge is 2.37. The van der Waals surface area contributed by atoms with E-state index in [1.165, 1.54) is 7.11 Å². The second-order valence-electron chi connectivity index (χ2n) is 6.50. The van der Waals surface area contributed by atoms with Crippen LogP contribution in [0.1, 0.15) is 45.1 Å². The Bertz CT molecular complexity index is 444.